The van der Waals surface area contributed by atoms with Gasteiger partial charge in [0.25, 0.3) is 5.91 Å². The largest absolute Gasteiger partial charge is 0.483 e. The van der Waals surface area contributed by atoms with Gasteiger partial charge in [0.2, 0.25) is 0 Å². The summed E-state index contributed by atoms with van der Waals surface area (Å²) in [6.07, 6.45) is 3.88. The second-order valence-electron chi connectivity index (χ2n) is 3.74. The normalized spacial score (nSPS) is 10.2. The van der Waals surface area contributed by atoms with Gasteiger partial charge in [-0.2, -0.15) is 0 Å². The summed E-state index contributed by atoms with van der Waals surface area (Å²) in [7, 11) is 0. The van der Waals surface area contributed by atoms with Gasteiger partial charge in [0.1, 0.15) is 5.75 Å². The van der Waals surface area contributed by atoms with Crippen LogP contribution in [-0.4, -0.2) is 30.1 Å². The number of carbonyl (C=O) groups is 2. The molecule has 106 valence electrons. The van der Waals surface area contributed by atoms with Crippen molar-refractivity contribution in [3.8, 4) is 5.75 Å². The third kappa shape index (κ3) is 5.58. The fraction of sp³-hybridized carbons (Fsp3) is 0.143. The highest BCUT2D eigenvalue weighted by molar-refractivity contribution is 6.30. The van der Waals surface area contributed by atoms with E-state index in [2.05, 4.69) is 11.9 Å². The molecule has 0 heterocycles. The molecule has 0 saturated carbocycles. The molecule has 0 radical (unpaired) electrons. The maximum atomic E-state index is 11.4. The number of amides is 1. The van der Waals surface area contributed by atoms with Crippen molar-refractivity contribution in [1.29, 1.82) is 0 Å². The first-order valence-corrected chi connectivity index (χ1v) is 6.11. The van der Waals surface area contributed by atoms with E-state index in [0.29, 0.717) is 22.9 Å². The lowest BCUT2D eigenvalue weighted by molar-refractivity contribution is -0.131. The third-order valence-corrected chi connectivity index (χ3v) is 2.41. The average Bonchev–Trinajstić information content (AvgIpc) is 2.41. The standard InChI is InChI=1S/C14H14ClNO4/c1-2-7-16-13(17)9-20-12-5-4-11(15)8-10(12)3-6-14(18)19/h2-6,8H,1,7,9H2,(H,16,17)(H,18,19)/b6-3+. The molecule has 0 spiro atoms. The molecule has 6 heteroatoms. The van der Waals surface area contributed by atoms with Gasteiger partial charge >= 0.3 is 5.97 Å². The Morgan fingerprint density at radius 3 is 2.85 bits per heavy atom. The topological polar surface area (TPSA) is 75.6 Å². The van der Waals surface area contributed by atoms with Crippen molar-refractivity contribution in [2.45, 2.75) is 0 Å². The summed E-state index contributed by atoms with van der Waals surface area (Å²) < 4.78 is 5.33. The molecule has 0 aromatic heterocycles. The zero-order valence-electron chi connectivity index (χ0n) is 10.6. The summed E-state index contributed by atoms with van der Waals surface area (Å²) in [5, 5.41) is 11.6. The predicted octanol–water partition coefficient (Wildman–Crippen LogP) is 2.12. The van der Waals surface area contributed by atoms with Gasteiger partial charge in [0.05, 0.1) is 0 Å². The summed E-state index contributed by atoms with van der Waals surface area (Å²) in [6.45, 7) is 3.66. The second kappa shape index (κ2) is 8.01. The molecule has 1 amide bonds. The molecule has 2 N–H and O–H groups in total. The minimum Gasteiger partial charge on any atom is -0.483 e. The van der Waals surface area contributed by atoms with Crippen LogP contribution >= 0.6 is 11.6 Å². The smallest absolute Gasteiger partial charge is 0.328 e. The van der Waals surface area contributed by atoms with Gasteiger partial charge in [0.15, 0.2) is 6.61 Å². The Morgan fingerprint density at radius 2 is 2.20 bits per heavy atom. The molecule has 5 nitrogen and oxygen atoms in total. The molecular formula is C14H14ClNO4. The van der Waals surface area contributed by atoms with E-state index in [9.17, 15) is 9.59 Å². The van der Waals surface area contributed by atoms with Crippen LogP contribution in [0.5, 0.6) is 5.75 Å². The van der Waals surface area contributed by atoms with Crippen LogP contribution in [0.1, 0.15) is 5.56 Å². The summed E-state index contributed by atoms with van der Waals surface area (Å²) in [5.41, 5.74) is 0.483. The monoisotopic (exact) mass is 295 g/mol. The Balaban J connectivity index is 2.76. The molecule has 0 unspecified atom stereocenters. The van der Waals surface area contributed by atoms with E-state index in [1.807, 2.05) is 0 Å². The lowest BCUT2D eigenvalue weighted by Gasteiger charge is -2.09. The molecule has 0 bridgehead atoms. The molecule has 0 aliphatic rings. The Hall–Kier alpha value is -2.27. The number of nitrogens with one attached hydrogen (secondary N) is 1. The molecule has 0 aliphatic heterocycles. The molecule has 1 aromatic carbocycles. The van der Waals surface area contributed by atoms with Gasteiger partial charge in [-0.05, 0) is 24.3 Å². The highest BCUT2D eigenvalue weighted by atomic mass is 35.5. The Bertz CT molecular complexity index is 540. The van der Waals surface area contributed by atoms with Crippen molar-refractivity contribution in [1.82, 2.24) is 5.32 Å². The highest BCUT2D eigenvalue weighted by Gasteiger charge is 2.06. The SMILES string of the molecule is C=CCNC(=O)COc1ccc(Cl)cc1/C=C/C(=O)O. The van der Waals surface area contributed by atoms with Crippen molar-refractivity contribution in [2.24, 2.45) is 0 Å². The molecule has 0 saturated heterocycles. The number of benzene rings is 1. The van der Waals surface area contributed by atoms with Crippen LogP contribution in [0, 0.1) is 0 Å². The van der Waals surface area contributed by atoms with Gasteiger partial charge < -0.3 is 15.2 Å². The van der Waals surface area contributed by atoms with Crippen molar-refractivity contribution in [3.63, 3.8) is 0 Å². The van der Waals surface area contributed by atoms with Crippen LogP contribution in [0.25, 0.3) is 6.08 Å². The molecule has 1 rings (SSSR count). The Labute approximate surface area is 121 Å². The quantitative estimate of drug-likeness (QED) is 0.597. The van der Waals surface area contributed by atoms with Crippen LogP contribution < -0.4 is 10.1 Å². The lowest BCUT2D eigenvalue weighted by atomic mass is 10.2. The Morgan fingerprint density at radius 1 is 1.45 bits per heavy atom. The van der Waals surface area contributed by atoms with Crippen LogP contribution in [0.3, 0.4) is 0 Å². The molecule has 0 fully saturated rings. The summed E-state index contributed by atoms with van der Waals surface area (Å²) in [5.74, 6) is -1.01. The van der Waals surface area contributed by atoms with Gasteiger partial charge in [-0.25, -0.2) is 4.79 Å². The summed E-state index contributed by atoms with van der Waals surface area (Å²) >= 11 is 5.84. The fourth-order valence-electron chi connectivity index (χ4n) is 1.32. The number of carboxylic acids is 1. The lowest BCUT2D eigenvalue weighted by Crippen LogP contribution is -2.28. The minimum absolute atomic E-state index is 0.177. The first-order valence-electron chi connectivity index (χ1n) is 5.74. The number of hydrogen-bond acceptors (Lipinski definition) is 3. The first-order chi connectivity index (χ1) is 9.52. The van der Waals surface area contributed by atoms with Gasteiger partial charge in [0, 0.05) is 23.2 Å². The average molecular weight is 296 g/mol. The first kappa shape index (κ1) is 15.8. The van der Waals surface area contributed by atoms with Crippen molar-refractivity contribution in [2.75, 3.05) is 13.2 Å². The van der Waals surface area contributed by atoms with Gasteiger partial charge in [-0.1, -0.05) is 17.7 Å². The van der Waals surface area contributed by atoms with E-state index in [-0.39, 0.29) is 12.5 Å². The molecule has 0 aliphatic carbocycles. The van der Waals surface area contributed by atoms with Crippen LogP contribution in [0.15, 0.2) is 36.9 Å². The highest BCUT2D eigenvalue weighted by Crippen LogP contribution is 2.24. The van der Waals surface area contributed by atoms with Crippen LogP contribution in [-0.2, 0) is 9.59 Å². The molecule has 1 aromatic rings. The summed E-state index contributed by atoms with van der Waals surface area (Å²) in [6, 6.07) is 4.72. The number of carboxylic acid groups (broad SMARTS) is 1. The maximum Gasteiger partial charge on any atom is 0.328 e. The van der Waals surface area contributed by atoms with Crippen molar-refractivity contribution < 1.29 is 19.4 Å². The minimum atomic E-state index is -1.08. The summed E-state index contributed by atoms with van der Waals surface area (Å²) in [4.78, 5) is 21.9. The number of ether oxygens (including phenoxy) is 1. The maximum absolute atomic E-state index is 11.4. The number of hydrogen-bond donors (Lipinski definition) is 2. The number of aliphatic carboxylic acids is 1. The predicted molar refractivity (Wildman–Crippen MR) is 76.8 cm³/mol. The second-order valence-corrected chi connectivity index (χ2v) is 4.17. The van der Waals surface area contributed by atoms with E-state index in [1.54, 1.807) is 24.3 Å². The Kier molecular flexibility index (Phi) is 6.32. The van der Waals surface area contributed by atoms with Crippen LogP contribution in [0.4, 0.5) is 0 Å². The van der Waals surface area contributed by atoms with E-state index in [4.69, 9.17) is 21.4 Å². The van der Waals surface area contributed by atoms with E-state index >= 15 is 0 Å². The van der Waals surface area contributed by atoms with Crippen LogP contribution in [0.2, 0.25) is 5.02 Å². The number of halogens is 1. The van der Waals surface area contributed by atoms with E-state index in [1.165, 1.54) is 6.08 Å². The molecule has 0 atom stereocenters. The third-order valence-electron chi connectivity index (χ3n) is 2.18. The van der Waals surface area contributed by atoms with Gasteiger partial charge in [-0.15, -0.1) is 6.58 Å². The fourth-order valence-corrected chi connectivity index (χ4v) is 1.50. The van der Waals surface area contributed by atoms with E-state index < -0.39 is 5.97 Å². The zero-order chi connectivity index (χ0) is 15.0. The molecule has 20 heavy (non-hydrogen) atoms. The zero-order valence-corrected chi connectivity index (χ0v) is 11.4. The number of rotatable bonds is 7. The van der Waals surface area contributed by atoms with E-state index in [0.717, 1.165) is 6.08 Å². The number of carbonyl (C=O) groups excluding carboxylic acids is 1. The van der Waals surface area contributed by atoms with Gasteiger partial charge in [-0.3, -0.25) is 4.79 Å². The van der Waals surface area contributed by atoms with Crippen molar-refractivity contribution in [3.05, 3.63) is 47.5 Å². The van der Waals surface area contributed by atoms with Crippen molar-refractivity contribution >= 4 is 29.6 Å². The molecular weight excluding hydrogens is 282 g/mol.